The molecular weight excluding hydrogens is 576 g/mol. The number of benzene rings is 2. The number of nitrogens with zero attached hydrogens (tertiary/aromatic N) is 3. The predicted molar refractivity (Wildman–Crippen MR) is 152 cm³/mol. The number of alkyl halides is 6. The van der Waals surface area contributed by atoms with Crippen LogP contribution in [0.4, 0.5) is 26.3 Å². The van der Waals surface area contributed by atoms with Gasteiger partial charge in [-0.15, -0.1) is 0 Å². The SMILES string of the molecule is C=N/C=C\C(=C/C)CN1CCN(Cc2ccc(-c3ccc(C(O)(C(F)(F)F)C(F)(F)F)cc3)cc2)C(CC(=O)OCC)C1. The second-order valence-corrected chi connectivity index (χ2v) is 10.2. The van der Waals surface area contributed by atoms with Crippen molar-refractivity contribution in [2.24, 2.45) is 4.99 Å². The minimum atomic E-state index is -5.94. The van der Waals surface area contributed by atoms with Gasteiger partial charge < -0.3 is 9.84 Å². The van der Waals surface area contributed by atoms with Crippen LogP contribution >= 0.6 is 0 Å². The van der Waals surface area contributed by atoms with E-state index in [9.17, 15) is 36.2 Å². The summed E-state index contributed by atoms with van der Waals surface area (Å²) in [5.41, 5.74) is -3.33. The zero-order valence-corrected chi connectivity index (χ0v) is 24.0. The number of halogens is 6. The van der Waals surface area contributed by atoms with Gasteiger partial charge in [0.15, 0.2) is 0 Å². The van der Waals surface area contributed by atoms with E-state index in [1.165, 1.54) is 0 Å². The maximum atomic E-state index is 13.2. The molecule has 1 N–H and O–H groups in total. The number of aliphatic hydroxyl groups is 1. The third-order valence-corrected chi connectivity index (χ3v) is 7.36. The summed E-state index contributed by atoms with van der Waals surface area (Å²) in [7, 11) is 0. The summed E-state index contributed by atoms with van der Waals surface area (Å²) >= 11 is 0. The van der Waals surface area contributed by atoms with Gasteiger partial charge in [-0.25, -0.2) is 0 Å². The van der Waals surface area contributed by atoms with E-state index in [4.69, 9.17) is 4.74 Å². The number of aliphatic imine (C=N–C) groups is 1. The van der Waals surface area contributed by atoms with Crippen LogP contribution in [0.2, 0.25) is 0 Å². The van der Waals surface area contributed by atoms with Crippen molar-refractivity contribution in [3.63, 3.8) is 0 Å². The van der Waals surface area contributed by atoms with Crippen molar-refractivity contribution in [2.45, 2.75) is 50.8 Å². The van der Waals surface area contributed by atoms with Crippen LogP contribution in [0.25, 0.3) is 11.1 Å². The predicted octanol–water partition coefficient (Wildman–Crippen LogP) is 6.27. The molecule has 0 spiro atoms. The highest BCUT2D eigenvalue weighted by Crippen LogP contribution is 2.50. The molecule has 234 valence electrons. The summed E-state index contributed by atoms with van der Waals surface area (Å²) in [5, 5.41) is 9.62. The van der Waals surface area contributed by atoms with Gasteiger partial charge in [0.25, 0.3) is 5.60 Å². The average molecular weight is 612 g/mol. The molecule has 1 saturated heterocycles. The first-order valence-corrected chi connectivity index (χ1v) is 13.7. The highest BCUT2D eigenvalue weighted by Gasteiger charge is 2.71. The number of hydrogen-bond acceptors (Lipinski definition) is 6. The third-order valence-electron chi connectivity index (χ3n) is 7.36. The lowest BCUT2D eigenvalue weighted by Gasteiger charge is -2.41. The topological polar surface area (TPSA) is 65.4 Å². The molecular formula is C31H35F6N3O3. The lowest BCUT2D eigenvalue weighted by Crippen LogP contribution is -2.53. The van der Waals surface area contributed by atoms with Crippen LogP contribution < -0.4 is 0 Å². The Kier molecular flexibility index (Phi) is 11.3. The maximum Gasteiger partial charge on any atom is 0.430 e. The molecule has 12 heteroatoms. The lowest BCUT2D eigenvalue weighted by molar-refractivity contribution is -0.376. The smallest absolute Gasteiger partial charge is 0.430 e. The molecule has 0 bridgehead atoms. The highest BCUT2D eigenvalue weighted by atomic mass is 19.4. The number of hydrogen-bond donors (Lipinski definition) is 1. The second kappa shape index (κ2) is 14.3. The summed E-state index contributed by atoms with van der Waals surface area (Å²) < 4.78 is 84.4. The minimum absolute atomic E-state index is 0.111. The molecule has 0 aromatic heterocycles. The zero-order valence-electron chi connectivity index (χ0n) is 24.0. The molecule has 1 heterocycles. The van der Waals surface area contributed by atoms with Gasteiger partial charge in [0.2, 0.25) is 0 Å². The summed E-state index contributed by atoms with van der Waals surface area (Å²) in [4.78, 5) is 20.6. The van der Waals surface area contributed by atoms with Crippen LogP contribution in [0.5, 0.6) is 0 Å². The molecule has 0 aliphatic carbocycles. The zero-order chi connectivity index (χ0) is 31.8. The number of carbonyl (C=O) groups excluding carboxylic acids is 1. The molecule has 1 aliphatic rings. The molecule has 0 radical (unpaired) electrons. The van der Waals surface area contributed by atoms with E-state index in [0.29, 0.717) is 49.4 Å². The first-order valence-electron chi connectivity index (χ1n) is 13.7. The molecule has 6 nitrogen and oxygen atoms in total. The number of esters is 1. The van der Waals surface area contributed by atoms with Crippen molar-refractivity contribution in [3.05, 3.63) is 83.6 Å². The van der Waals surface area contributed by atoms with E-state index in [1.807, 2.05) is 31.2 Å². The van der Waals surface area contributed by atoms with Gasteiger partial charge in [0, 0.05) is 50.5 Å². The van der Waals surface area contributed by atoms with Gasteiger partial charge in [-0.3, -0.25) is 19.6 Å². The Morgan fingerprint density at radius 2 is 1.60 bits per heavy atom. The van der Waals surface area contributed by atoms with Gasteiger partial charge in [-0.05, 0) is 48.9 Å². The molecule has 0 amide bonds. The fourth-order valence-corrected chi connectivity index (χ4v) is 4.99. The summed E-state index contributed by atoms with van der Waals surface area (Å²) in [6.45, 7) is 10.7. The number of carbonyl (C=O) groups is 1. The Hall–Kier alpha value is -3.48. The van der Waals surface area contributed by atoms with Crippen molar-refractivity contribution in [1.82, 2.24) is 9.80 Å². The normalized spacial score (nSPS) is 17.8. The van der Waals surface area contributed by atoms with Crippen molar-refractivity contribution in [3.8, 4) is 11.1 Å². The molecule has 1 aliphatic heterocycles. The molecule has 1 fully saturated rings. The van der Waals surface area contributed by atoms with Crippen molar-refractivity contribution in [2.75, 3.05) is 32.8 Å². The Balaban J connectivity index is 1.75. The number of ether oxygens (including phenoxy) is 1. The molecule has 1 unspecified atom stereocenters. The lowest BCUT2D eigenvalue weighted by atomic mass is 9.90. The first-order chi connectivity index (χ1) is 20.2. The minimum Gasteiger partial charge on any atom is -0.466 e. The molecule has 2 aromatic carbocycles. The molecule has 2 aromatic rings. The summed E-state index contributed by atoms with van der Waals surface area (Å²) in [6, 6.07) is 10.5. The van der Waals surface area contributed by atoms with E-state index >= 15 is 0 Å². The van der Waals surface area contributed by atoms with Gasteiger partial charge in [-0.2, -0.15) is 26.3 Å². The van der Waals surface area contributed by atoms with Crippen LogP contribution in [0.3, 0.4) is 0 Å². The van der Waals surface area contributed by atoms with Crippen LogP contribution in [0.1, 0.15) is 31.4 Å². The monoisotopic (exact) mass is 611 g/mol. The van der Waals surface area contributed by atoms with Gasteiger partial charge in [-0.1, -0.05) is 54.6 Å². The molecule has 43 heavy (non-hydrogen) atoms. The Bertz CT molecular complexity index is 1270. The molecule has 1 atom stereocenters. The summed E-state index contributed by atoms with van der Waals surface area (Å²) in [5.74, 6) is -0.289. The van der Waals surface area contributed by atoms with Crippen LogP contribution in [0.15, 0.2) is 77.4 Å². The van der Waals surface area contributed by atoms with Gasteiger partial charge in [0.1, 0.15) is 0 Å². The van der Waals surface area contributed by atoms with E-state index in [-0.39, 0.29) is 25.0 Å². The number of allylic oxidation sites excluding steroid dienone is 1. The highest BCUT2D eigenvalue weighted by molar-refractivity contribution is 5.70. The van der Waals surface area contributed by atoms with E-state index in [2.05, 4.69) is 21.5 Å². The van der Waals surface area contributed by atoms with Crippen LogP contribution in [-0.2, 0) is 21.7 Å². The number of rotatable bonds is 11. The largest absolute Gasteiger partial charge is 0.466 e. The van der Waals surface area contributed by atoms with Crippen LogP contribution in [-0.4, -0.2) is 78.8 Å². The van der Waals surface area contributed by atoms with Crippen molar-refractivity contribution < 1.29 is 41.0 Å². The maximum absolute atomic E-state index is 13.2. The van der Waals surface area contributed by atoms with Crippen molar-refractivity contribution in [1.29, 1.82) is 0 Å². The fourth-order valence-electron chi connectivity index (χ4n) is 4.99. The average Bonchev–Trinajstić information content (AvgIpc) is 2.95. The first kappa shape index (κ1) is 34.0. The molecule has 3 rings (SSSR count). The van der Waals surface area contributed by atoms with E-state index < -0.39 is 23.5 Å². The van der Waals surface area contributed by atoms with Gasteiger partial charge in [0.05, 0.1) is 13.0 Å². The standard InChI is InChI=1S/C31H35F6N3O3/c1-4-22(14-15-38-3)19-39-16-17-40(27(21-39)18-28(41)43-5-2)20-23-6-8-24(9-7-23)25-10-12-26(13-11-25)29(42,30(32,33)34)31(35,36)37/h4,6-15,27,42H,3,5,16-21H2,1-2H3/b15-14-,22-4+. The van der Waals surface area contributed by atoms with Gasteiger partial charge >= 0.3 is 18.3 Å². The Morgan fingerprint density at radius 3 is 2.12 bits per heavy atom. The Morgan fingerprint density at radius 1 is 1.02 bits per heavy atom. The van der Waals surface area contributed by atoms with E-state index in [1.54, 1.807) is 25.3 Å². The number of piperazine rings is 1. The second-order valence-electron chi connectivity index (χ2n) is 10.2. The third kappa shape index (κ3) is 8.33. The quantitative estimate of drug-likeness (QED) is 0.141. The Labute approximate surface area is 247 Å². The van der Waals surface area contributed by atoms with Crippen LogP contribution in [0, 0.1) is 0 Å². The van der Waals surface area contributed by atoms with E-state index in [0.717, 1.165) is 29.8 Å². The van der Waals surface area contributed by atoms with Crippen molar-refractivity contribution >= 4 is 12.7 Å². The summed E-state index contributed by atoms with van der Waals surface area (Å²) in [6.07, 6.45) is -6.16. The fraction of sp³-hybridized carbons (Fsp3) is 0.419. The molecule has 0 saturated carbocycles.